The second-order valence-electron chi connectivity index (χ2n) is 3.21. The predicted molar refractivity (Wildman–Crippen MR) is 58.2 cm³/mol. The van der Waals surface area contributed by atoms with Crippen LogP contribution in [-0.2, 0) is 4.79 Å². The molecule has 0 heterocycles. The van der Waals surface area contributed by atoms with Gasteiger partial charge >= 0.3 is 0 Å². The summed E-state index contributed by atoms with van der Waals surface area (Å²) < 4.78 is 12.8. The molecule has 0 spiro atoms. The van der Waals surface area contributed by atoms with Gasteiger partial charge in [0.05, 0.1) is 6.54 Å². The van der Waals surface area contributed by atoms with Crippen LogP contribution in [0.3, 0.4) is 0 Å². The monoisotopic (exact) mass is 210 g/mol. The zero-order valence-electron chi connectivity index (χ0n) is 8.72. The van der Waals surface area contributed by atoms with Crippen molar-refractivity contribution in [2.75, 3.05) is 18.4 Å². The van der Waals surface area contributed by atoms with Crippen molar-refractivity contribution >= 4 is 11.6 Å². The first kappa shape index (κ1) is 11.5. The Hall–Kier alpha value is -1.58. The SMILES string of the molecule is CCCNC(=O)CNc1cccc(F)c1. The molecule has 0 saturated heterocycles. The number of rotatable bonds is 5. The van der Waals surface area contributed by atoms with Gasteiger partial charge in [-0.3, -0.25) is 4.79 Å². The normalized spacial score (nSPS) is 9.73. The molecule has 0 atom stereocenters. The molecule has 1 rings (SSSR count). The van der Waals surface area contributed by atoms with E-state index in [0.29, 0.717) is 12.2 Å². The molecule has 0 aliphatic rings. The van der Waals surface area contributed by atoms with Crippen LogP contribution < -0.4 is 10.6 Å². The summed E-state index contributed by atoms with van der Waals surface area (Å²) in [6.07, 6.45) is 0.908. The zero-order chi connectivity index (χ0) is 11.1. The molecule has 4 heteroatoms. The second-order valence-corrected chi connectivity index (χ2v) is 3.21. The van der Waals surface area contributed by atoms with E-state index in [0.717, 1.165) is 6.42 Å². The Bertz CT molecular complexity index is 328. The Kier molecular flexibility index (Phi) is 4.60. The Morgan fingerprint density at radius 1 is 1.47 bits per heavy atom. The van der Waals surface area contributed by atoms with E-state index in [1.165, 1.54) is 12.1 Å². The molecule has 0 radical (unpaired) electrons. The Morgan fingerprint density at radius 2 is 2.27 bits per heavy atom. The molecule has 1 aromatic rings. The van der Waals surface area contributed by atoms with Crippen LogP contribution in [0.4, 0.5) is 10.1 Å². The topological polar surface area (TPSA) is 41.1 Å². The maximum absolute atomic E-state index is 12.8. The minimum absolute atomic E-state index is 0.0823. The molecular weight excluding hydrogens is 195 g/mol. The van der Waals surface area contributed by atoms with Crippen molar-refractivity contribution in [2.24, 2.45) is 0 Å². The fourth-order valence-electron chi connectivity index (χ4n) is 1.11. The molecule has 0 fully saturated rings. The molecule has 0 bridgehead atoms. The molecular formula is C11H15FN2O. The molecule has 0 saturated carbocycles. The Morgan fingerprint density at radius 3 is 2.93 bits per heavy atom. The quantitative estimate of drug-likeness (QED) is 0.777. The highest BCUT2D eigenvalue weighted by molar-refractivity contribution is 5.80. The molecule has 1 aromatic carbocycles. The number of benzene rings is 1. The first-order chi connectivity index (χ1) is 7.22. The third kappa shape index (κ3) is 4.44. The van der Waals surface area contributed by atoms with E-state index in [4.69, 9.17) is 0 Å². The van der Waals surface area contributed by atoms with Gasteiger partial charge in [-0.05, 0) is 24.6 Å². The third-order valence-electron chi connectivity index (χ3n) is 1.85. The van der Waals surface area contributed by atoms with Crippen molar-refractivity contribution in [1.82, 2.24) is 5.32 Å². The Balaban J connectivity index is 2.33. The van der Waals surface area contributed by atoms with E-state index < -0.39 is 0 Å². The summed E-state index contributed by atoms with van der Waals surface area (Å²) in [4.78, 5) is 11.2. The van der Waals surface area contributed by atoms with Crippen molar-refractivity contribution in [3.8, 4) is 0 Å². The van der Waals surface area contributed by atoms with Crippen LogP contribution in [0.5, 0.6) is 0 Å². The van der Waals surface area contributed by atoms with E-state index in [9.17, 15) is 9.18 Å². The van der Waals surface area contributed by atoms with Crippen LogP contribution in [0.1, 0.15) is 13.3 Å². The second kappa shape index (κ2) is 6.01. The standard InChI is InChI=1S/C11H15FN2O/c1-2-6-13-11(15)8-14-10-5-3-4-9(12)7-10/h3-5,7,14H,2,6,8H2,1H3,(H,13,15). The van der Waals surface area contributed by atoms with Gasteiger partial charge in [0.15, 0.2) is 0 Å². The molecule has 0 aliphatic heterocycles. The summed E-state index contributed by atoms with van der Waals surface area (Å²) in [5.74, 6) is -0.393. The summed E-state index contributed by atoms with van der Waals surface area (Å²) in [5, 5.41) is 5.56. The van der Waals surface area contributed by atoms with Crippen molar-refractivity contribution < 1.29 is 9.18 Å². The number of hydrogen-bond donors (Lipinski definition) is 2. The molecule has 3 nitrogen and oxygen atoms in total. The third-order valence-corrected chi connectivity index (χ3v) is 1.85. The number of carbonyl (C=O) groups excluding carboxylic acids is 1. The average Bonchev–Trinajstić information content (AvgIpc) is 2.23. The van der Waals surface area contributed by atoms with E-state index >= 15 is 0 Å². The summed E-state index contributed by atoms with van der Waals surface area (Å²) in [7, 11) is 0. The van der Waals surface area contributed by atoms with Gasteiger partial charge in [0.25, 0.3) is 0 Å². The molecule has 1 amide bonds. The minimum Gasteiger partial charge on any atom is -0.376 e. The lowest BCUT2D eigenvalue weighted by molar-refractivity contribution is -0.119. The fraction of sp³-hybridized carbons (Fsp3) is 0.364. The van der Waals surface area contributed by atoms with Crippen LogP contribution >= 0.6 is 0 Å². The highest BCUT2D eigenvalue weighted by Gasteiger charge is 1.99. The number of nitrogens with one attached hydrogen (secondary N) is 2. The number of amides is 1. The molecule has 0 aliphatic carbocycles. The summed E-state index contributed by atoms with van der Waals surface area (Å²) >= 11 is 0. The smallest absolute Gasteiger partial charge is 0.239 e. The van der Waals surface area contributed by atoms with Crippen LogP contribution in [0, 0.1) is 5.82 Å². The van der Waals surface area contributed by atoms with Gasteiger partial charge in [-0.15, -0.1) is 0 Å². The molecule has 0 unspecified atom stereocenters. The van der Waals surface area contributed by atoms with E-state index in [1.54, 1.807) is 12.1 Å². The molecule has 2 N–H and O–H groups in total. The fourth-order valence-corrected chi connectivity index (χ4v) is 1.11. The first-order valence-electron chi connectivity index (χ1n) is 4.98. The summed E-state index contributed by atoms with van der Waals surface area (Å²) in [6, 6.07) is 6.03. The molecule has 0 aromatic heterocycles. The van der Waals surface area contributed by atoms with E-state index in [-0.39, 0.29) is 18.3 Å². The largest absolute Gasteiger partial charge is 0.376 e. The minimum atomic E-state index is -0.311. The van der Waals surface area contributed by atoms with Gasteiger partial charge in [0.1, 0.15) is 5.82 Å². The van der Waals surface area contributed by atoms with Crippen molar-refractivity contribution in [3.05, 3.63) is 30.1 Å². The summed E-state index contributed by atoms with van der Waals surface area (Å²) in [5.41, 5.74) is 0.613. The highest BCUT2D eigenvalue weighted by atomic mass is 19.1. The maximum Gasteiger partial charge on any atom is 0.239 e. The molecule has 15 heavy (non-hydrogen) atoms. The van der Waals surface area contributed by atoms with Gasteiger partial charge < -0.3 is 10.6 Å². The van der Waals surface area contributed by atoms with Gasteiger partial charge in [-0.25, -0.2) is 4.39 Å². The number of halogens is 1. The number of carbonyl (C=O) groups is 1. The first-order valence-corrected chi connectivity index (χ1v) is 4.98. The molecule has 82 valence electrons. The van der Waals surface area contributed by atoms with Gasteiger partial charge in [0, 0.05) is 12.2 Å². The average molecular weight is 210 g/mol. The predicted octanol–water partition coefficient (Wildman–Crippen LogP) is 1.76. The lowest BCUT2D eigenvalue weighted by Gasteiger charge is -2.06. The van der Waals surface area contributed by atoms with Gasteiger partial charge in [0.2, 0.25) is 5.91 Å². The summed E-state index contributed by atoms with van der Waals surface area (Å²) in [6.45, 7) is 2.83. The van der Waals surface area contributed by atoms with Crippen molar-refractivity contribution in [2.45, 2.75) is 13.3 Å². The Labute approximate surface area is 88.7 Å². The number of anilines is 1. The zero-order valence-corrected chi connectivity index (χ0v) is 8.72. The highest BCUT2D eigenvalue weighted by Crippen LogP contribution is 2.07. The lowest BCUT2D eigenvalue weighted by atomic mass is 10.3. The van der Waals surface area contributed by atoms with Crippen LogP contribution in [0.25, 0.3) is 0 Å². The number of hydrogen-bond acceptors (Lipinski definition) is 2. The van der Waals surface area contributed by atoms with Crippen LogP contribution in [0.15, 0.2) is 24.3 Å². The van der Waals surface area contributed by atoms with Crippen LogP contribution in [0.2, 0.25) is 0 Å². The van der Waals surface area contributed by atoms with Crippen molar-refractivity contribution in [3.63, 3.8) is 0 Å². The van der Waals surface area contributed by atoms with E-state index in [2.05, 4.69) is 10.6 Å². The van der Waals surface area contributed by atoms with Gasteiger partial charge in [-0.2, -0.15) is 0 Å². The van der Waals surface area contributed by atoms with Crippen LogP contribution in [-0.4, -0.2) is 19.0 Å². The van der Waals surface area contributed by atoms with Gasteiger partial charge in [-0.1, -0.05) is 13.0 Å². The maximum atomic E-state index is 12.8. The van der Waals surface area contributed by atoms with Crippen molar-refractivity contribution in [1.29, 1.82) is 0 Å². The van der Waals surface area contributed by atoms with E-state index in [1.807, 2.05) is 6.92 Å². The lowest BCUT2D eigenvalue weighted by Crippen LogP contribution is -2.30.